The van der Waals surface area contributed by atoms with Crippen LogP contribution in [0.2, 0.25) is 0 Å². The highest BCUT2D eigenvalue weighted by Crippen LogP contribution is 2.33. The Hall–Kier alpha value is -2.62. The molecule has 0 bridgehead atoms. The van der Waals surface area contributed by atoms with Crippen molar-refractivity contribution >= 4 is 43.0 Å². The lowest BCUT2D eigenvalue weighted by molar-refractivity contribution is 0.0941. The Morgan fingerprint density at radius 2 is 1.90 bits per heavy atom. The predicted molar refractivity (Wildman–Crippen MR) is 119 cm³/mol. The number of thiophene rings is 1. The van der Waals surface area contributed by atoms with Gasteiger partial charge in [0.05, 0.1) is 24.3 Å². The summed E-state index contributed by atoms with van der Waals surface area (Å²) < 4.78 is 38.8. The van der Waals surface area contributed by atoms with Crippen LogP contribution in [0, 0.1) is 6.92 Å². The van der Waals surface area contributed by atoms with Crippen molar-refractivity contribution in [2.45, 2.75) is 11.8 Å². The zero-order chi connectivity index (χ0) is 21.9. The molecular formula is C21H24N2O5S2. The van der Waals surface area contributed by atoms with E-state index in [1.54, 1.807) is 43.5 Å². The van der Waals surface area contributed by atoms with Gasteiger partial charge in [-0.25, -0.2) is 8.42 Å². The van der Waals surface area contributed by atoms with E-state index in [2.05, 4.69) is 5.32 Å². The summed E-state index contributed by atoms with van der Waals surface area (Å²) in [6.45, 7) is 2.69. The summed E-state index contributed by atoms with van der Waals surface area (Å²) in [6.07, 6.45) is 0. The van der Waals surface area contributed by atoms with Crippen molar-refractivity contribution in [2.24, 2.45) is 0 Å². The first-order valence-corrected chi connectivity index (χ1v) is 11.5. The van der Waals surface area contributed by atoms with Crippen molar-refractivity contribution in [3.63, 3.8) is 0 Å². The maximum absolute atomic E-state index is 13.2. The Kier molecular flexibility index (Phi) is 6.64. The summed E-state index contributed by atoms with van der Waals surface area (Å²) in [5.74, 6) is 0.111. The van der Waals surface area contributed by atoms with E-state index in [4.69, 9.17) is 9.47 Å². The molecule has 0 aliphatic heterocycles. The van der Waals surface area contributed by atoms with Gasteiger partial charge in [0.1, 0.15) is 10.6 Å². The second kappa shape index (κ2) is 9.03. The molecule has 160 valence electrons. The second-order valence-electron chi connectivity index (χ2n) is 6.71. The van der Waals surface area contributed by atoms with Crippen molar-refractivity contribution < 1.29 is 22.7 Å². The van der Waals surface area contributed by atoms with Crippen molar-refractivity contribution in [3.8, 4) is 5.75 Å². The summed E-state index contributed by atoms with van der Waals surface area (Å²) in [6, 6.07) is 12.1. The van der Waals surface area contributed by atoms with Gasteiger partial charge in [0.25, 0.3) is 15.9 Å². The fourth-order valence-corrected chi connectivity index (χ4v) is 5.35. The fourth-order valence-electron chi connectivity index (χ4n) is 2.96. The Labute approximate surface area is 180 Å². The van der Waals surface area contributed by atoms with Crippen LogP contribution in [0.5, 0.6) is 5.75 Å². The maximum Gasteiger partial charge on any atom is 0.267 e. The molecule has 9 heteroatoms. The third-order valence-corrected chi connectivity index (χ3v) is 7.56. The van der Waals surface area contributed by atoms with Gasteiger partial charge in [-0.1, -0.05) is 6.07 Å². The maximum atomic E-state index is 13.2. The number of hydrogen-bond donors (Lipinski definition) is 1. The minimum Gasteiger partial charge on any atom is -0.495 e. The quantitative estimate of drug-likeness (QED) is 0.534. The van der Waals surface area contributed by atoms with Gasteiger partial charge in [-0.05, 0) is 54.3 Å². The molecule has 0 radical (unpaired) electrons. The Bertz CT molecular complexity index is 1170. The highest BCUT2D eigenvalue weighted by molar-refractivity contribution is 7.93. The smallest absolute Gasteiger partial charge is 0.267 e. The molecule has 0 fully saturated rings. The van der Waals surface area contributed by atoms with Gasteiger partial charge in [0, 0.05) is 25.4 Å². The van der Waals surface area contributed by atoms with E-state index in [9.17, 15) is 13.2 Å². The molecule has 0 aliphatic carbocycles. The molecule has 0 spiro atoms. The van der Waals surface area contributed by atoms with Crippen molar-refractivity contribution in [1.82, 2.24) is 5.32 Å². The third-order valence-electron chi connectivity index (χ3n) is 4.64. The summed E-state index contributed by atoms with van der Waals surface area (Å²) >= 11 is 1.35. The molecule has 1 aromatic heterocycles. The molecule has 7 nitrogen and oxygen atoms in total. The van der Waals surface area contributed by atoms with Crippen LogP contribution < -0.4 is 14.4 Å². The Morgan fingerprint density at radius 3 is 2.60 bits per heavy atom. The molecular weight excluding hydrogens is 424 g/mol. The summed E-state index contributed by atoms with van der Waals surface area (Å²) in [5.41, 5.74) is 1.32. The third kappa shape index (κ3) is 4.43. The molecule has 3 aromatic rings. The van der Waals surface area contributed by atoms with Gasteiger partial charge in [-0.2, -0.15) is 0 Å². The van der Waals surface area contributed by atoms with Crippen LogP contribution >= 0.6 is 11.3 Å². The van der Waals surface area contributed by atoms with Gasteiger partial charge < -0.3 is 14.8 Å². The Balaban J connectivity index is 1.92. The normalized spacial score (nSPS) is 11.5. The minimum atomic E-state index is -3.83. The number of anilines is 1. The van der Waals surface area contributed by atoms with Gasteiger partial charge in [0.2, 0.25) is 0 Å². The number of benzene rings is 2. The fraction of sp³-hybridized carbons (Fsp3) is 0.286. The van der Waals surface area contributed by atoms with Crippen LogP contribution in [0.1, 0.15) is 15.2 Å². The number of nitrogens with zero attached hydrogens (tertiary/aromatic N) is 1. The van der Waals surface area contributed by atoms with Crippen LogP contribution in [-0.2, 0) is 14.8 Å². The van der Waals surface area contributed by atoms with Crippen LogP contribution in [0.4, 0.5) is 5.69 Å². The SMILES string of the molecule is COCCNC(=O)c1cc2cc(N(C)S(=O)(=O)c3cc(C)ccc3OC)ccc2s1. The van der Waals surface area contributed by atoms with E-state index in [1.807, 2.05) is 13.0 Å². The molecule has 1 N–H and O–H groups in total. The van der Waals surface area contributed by atoms with Crippen LogP contribution in [0.3, 0.4) is 0 Å². The number of ether oxygens (including phenoxy) is 2. The van der Waals surface area contributed by atoms with E-state index in [0.717, 1.165) is 15.6 Å². The minimum absolute atomic E-state index is 0.108. The highest BCUT2D eigenvalue weighted by Gasteiger charge is 2.26. The van der Waals surface area contributed by atoms with Crippen molar-refractivity contribution in [2.75, 3.05) is 38.7 Å². The van der Waals surface area contributed by atoms with E-state index >= 15 is 0 Å². The van der Waals surface area contributed by atoms with E-state index < -0.39 is 10.0 Å². The molecule has 0 atom stereocenters. The number of methoxy groups -OCH3 is 2. The van der Waals surface area contributed by atoms with Crippen LogP contribution in [0.25, 0.3) is 10.1 Å². The lowest BCUT2D eigenvalue weighted by atomic mass is 10.2. The number of sulfonamides is 1. The second-order valence-corrected chi connectivity index (χ2v) is 9.73. The number of carbonyl (C=O) groups is 1. The lowest BCUT2D eigenvalue weighted by Gasteiger charge is -2.21. The van der Waals surface area contributed by atoms with Gasteiger partial charge in [0.15, 0.2) is 0 Å². The van der Waals surface area contributed by atoms with Gasteiger partial charge in [-0.3, -0.25) is 9.10 Å². The zero-order valence-electron chi connectivity index (χ0n) is 17.3. The first-order valence-electron chi connectivity index (χ1n) is 9.22. The monoisotopic (exact) mass is 448 g/mol. The average Bonchev–Trinajstić information content (AvgIpc) is 3.16. The summed E-state index contributed by atoms with van der Waals surface area (Å²) in [4.78, 5) is 12.9. The number of rotatable bonds is 8. The first-order chi connectivity index (χ1) is 14.3. The number of amides is 1. The lowest BCUT2D eigenvalue weighted by Crippen LogP contribution is -2.27. The molecule has 1 heterocycles. The molecule has 0 aliphatic rings. The summed E-state index contributed by atoms with van der Waals surface area (Å²) in [5, 5.41) is 3.59. The molecule has 30 heavy (non-hydrogen) atoms. The highest BCUT2D eigenvalue weighted by atomic mass is 32.2. The van der Waals surface area contributed by atoms with E-state index in [0.29, 0.717) is 29.5 Å². The molecule has 0 saturated carbocycles. The molecule has 3 rings (SSSR count). The van der Waals surface area contributed by atoms with Gasteiger partial charge >= 0.3 is 0 Å². The average molecular weight is 449 g/mol. The number of aryl methyl sites for hydroxylation is 1. The molecule has 0 unspecified atom stereocenters. The van der Waals surface area contributed by atoms with Crippen molar-refractivity contribution in [1.29, 1.82) is 0 Å². The molecule has 0 saturated heterocycles. The predicted octanol–water partition coefficient (Wildman–Crippen LogP) is 3.42. The van der Waals surface area contributed by atoms with Crippen molar-refractivity contribution in [3.05, 3.63) is 52.9 Å². The molecule has 2 aromatic carbocycles. The number of fused-ring (bicyclic) bond motifs is 1. The van der Waals surface area contributed by atoms with Crippen LogP contribution in [-0.4, -0.2) is 48.7 Å². The number of nitrogens with one attached hydrogen (secondary N) is 1. The topological polar surface area (TPSA) is 84.9 Å². The molecule has 1 amide bonds. The Morgan fingerprint density at radius 1 is 1.13 bits per heavy atom. The van der Waals surface area contributed by atoms with Crippen LogP contribution in [0.15, 0.2) is 47.4 Å². The van der Waals surface area contributed by atoms with E-state index in [-0.39, 0.29) is 10.8 Å². The first kappa shape index (κ1) is 22.1. The standard InChI is InChI=1S/C21H24N2O5S2/c1-14-5-7-17(28-4)20(11-14)30(25,26)23(2)16-6-8-18-15(12-16)13-19(29-18)21(24)22-9-10-27-3/h5-8,11-13H,9-10H2,1-4H3,(H,22,24). The number of hydrogen-bond acceptors (Lipinski definition) is 6. The summed E-state index contributed by atoms with van der Waals surface area (Å²) in [7, 11) is 0.689. The van der Waals surface area contributed by atoms with E-state index in [1.165, 1.54) is 29.8 Å². The largest absolute Gasteiger partial charge is 0.495 e. The number of carbonyl (C=O) groups excluding carboxylic acids is 1. The zero-order valence-corrected chi connectivity index (χ0v) is 18.9. The van der Waals surface area contributed by atoms with Gasteiger partial charge in [-0.15, -0.1) is 11.3 Å².